The number of aryl methyl sites for hydroxylation is 1. The van der Waals surface area contributed by atoms with Crippen LogP contribution in [0.2, 0.25) is 0 Å². The first-order valence-electron chi connectivity index (χ1n) is 8.78. The largest absolute Gasteiger partial charge is 0.348 e. The number of rotatable bonds is 6. The van der Waals surface area contributed by atoms with Gasteiger partial charge in [0, 0.05) is 41.8 Å². The summed E-state index contributed by atoms with van der Waals surface area (Å²) in [5, 5.41) is 5.74. The quantitative estimate of drug-likeness (QED) is 0.650. The lowest BCUT2D eigenvalue weighted by Gasteiger charge is -2.10. The molecule has 2 amide bonds. The molecule has 0 atom stereocenters. The summed E-state index contributed by atoms with van der Waals surface area (Å²) >= 11 is 0. The molecule has 0 unspecified atom stereocenters. The maximum atomic E-state index is 12.2. The van der Waals surface area contributed by atoms with Gasteiger partial charge in [0.05, 0.1) is 0 Å². The first kappa shape index (κ1) is 19.0. The van der Waals surface area contributed by atoms with Crippen molar-refractivity contribution in [2.75, 3.05) is 5.32 Å². The number of nitrogens with one attached hydrogen (secondary N) is 2. The molecule has 1 heterocycles. The van der Waals surface area contributed by atoms with Crippen LogP contribution in [0.15, 0.2) is 73.3 Å². The average Bonchev–Trinajstić information content (AvgIpc) is 2.74. The highest BCUT2D eigenvalue weighted by atomic mass is 16.2. The topological polar surface area (TPSA) is 84.0 Å². The van der Waals surface area contributed by atoms with Gasteiger partial charge in [0.25, 0.3) is 5.91 Å². The second kappa shape index (κ2) is 9.23. The van der Waals surface area contributed by atoms with Crippen LogP contribution in [0.4, 0.5) is 5.69 Å². The molecule has 0 aliphatic carbocycles. The third-order valence-corrected chi connectivity index (χ3v) is 4.06. The Kier molecular flexibility index (Phi) is 6.25. The Labute approximate surface area is 163 Å². The Morgan fingerprint density at radius 1 is 1.04 bits per heavy atom. The molecule has 0 saturated carbocycles. The van der Waals surface area contributed by atoms with Crippen LogP contribution in [0.3, 0.4) is 0 Å². The molecule has 0 saturated heterocycles. The van der Waals surface area contributed by atoms with E-state index in [1.807, 2.05) is 43.3 Å². The summed E-state index contributed by atoms with van der Waals surface area (Å²) in [6, 6.07) is 14.7. The van der Waals surface area contributed by atoms with Crippen LogP contribution in [0.25, 0.3) is 6.08 Å². The number of benzene rings is 2. The van der Waals surface area contributed by atoms with E-state index in [9.17, 15) is 9.59 Å². The summed E-state index contributed by atoms with van der Waals surface area (Å²) in [5.74, 6) is -0.391. The third-order valence-electron chi connectivity index (χ3n) is 4.06. The molecule has 0 radical (unpaired) electrons. The molecule has 0 bridgehead atoms. The van der Waals surface area contributed by atoms with E-state index >= 15 is 0 Å². The predicted molar refractivity (Wildman–Crippen MR) is 108 cm³/mol. The lowest BCUT2D eigenvalue weighted by Crippen LogP contribution is -2.22. The minimum absolute atomic E-state index is 0.139. The lowest BCUT2D eigenvalue weighted by molar-refractivity contribution is -0.111. The average molecular weight is 372 g/mol. The van der Waals surface area contributed by atoms with E-state index in [0.29, 0.717) is 17.8 Å². The van der Waals surface area contributed by atoms with Gasteiger partial charge in [0.2, 0.25) is 5.91 Å². The molecule has 0 fully saturated rings. The maximum absolute atomic E-state index is 12.2. The van der Waals surface area contributed by atoms with E-state index in [4.69, 9.17) is 0 Å². The smallest absolute Gasteiger partial charge is 0.251 e. The molecule has 3 aromatic rings. The minimum Gasteiger partial charge on any atom is -0.348 e. The zero-order valence-corrected chi connectivity index (χ0v) is 15.4. The zero-order valence-electron chi connectivity index (χ0n) is 15.4. The number of hydrogen-bond acceptors (Lipinski definition) is 4. The van der Waals surface area contributed by atoms with Gasteiger partial charge in [0.1, 0.15) is 6.33 Å². The van der Waals surface area contributed by atoms with E-state index in [0.717, 1.165) is 16.7 Å². The van der Waals surface area contributed by atoms with Crippen LogP contribution in [0, 0.1) is 6.92 Å². The summed E-state index contributed by atoms with van der Waals surface area (Å²) < 4.78 is 0. The molecule has 2 N–H and O–H groups in total. The highest BCUT2D eigenvalue weighted by Gasteiger charge is 2.07. The van der Waals surface area contributed by atoms with Crippen LogP contribution < -0.4 is 10.6 Å². The first-order chi connectivity index (χ1) is 13.6. The van der Waals surface area contributed by atoms with Gasteiger partial charge >= 0.3 is 0 Å². The van der Waals surface area contributed by atoms with Gasteiger partial charge < -0.3 is 10.6 Å². The Morgan fingerprint density at radius 3 is 2.54 bits per heavy atom. The van der Waals surface area contributed by atoms with E-state index < -0.39 is 0 Å². The molecule has 1 aromatic heterocycles. The van der Waals surface area contributed by atoms with Crippen molar-refractivity contribution < 1.29 is 9.59 Å². The van der Waals surface area contributed by atoms with Crippen LogP contribution in [0.1, 0.15) is 27.0 Å². The molecule has 140 valence electrons. The van der Waals surface area contributed by atoms with Crippen LogP contribution in [-0.4, -0.2) is 21.8 Å². The van der Waals surface area contributed by atoms with Gasteiger partial charge in [-0.25, -0.2) is 9.97 Å². The molecular weight excluding hydrogens is 352 g/mol. The molecule has 0 aliphatic heterocycles. The number of hydrogen-bond donors (Lipinski definition) is 2. The van der Waals surface area contributed by atoms with Crippen molar-refractivity contribution in [1.29, 1.82) is 0 Å². The van der Waals surface area contributed by atoms with Crippen LogP contribution >= 0.6 is 0 Å². The fraction of sp³-hybridized carbons (Fsp3) is 0.0909. The maximum Gasteiger partial charge on any atom is 0.251 e. The van der Waals surface area contributed by atoms with Gasteiger partial charge in [-0.05, 0) is 42.3 Å². The number of amides is 2. The molecule has 28 heavy (non-hydrogen) atoms. The molecule has 0 aliphatic rings. The van der Waals surface area contributed by atoms with Gasteiger partial charge in [-0.3, -0.25) is 9.59 Å². The SMILES string of the molecule is Cc1ccc(CNC(=O)c2ccccc2)cc1NC(=O)/C=C/c1cncnc1. The second-order valence-corrected chi connectivity index (χ2v) is 6.19. The van der Waals surface area contributed by atoms with E-state index in [-0.39, 0.29) is 11.8 Å². The summed E-state index contributed by atoms with van der Waals surface area (Å²) in [6.45, 7) is 2.28. The number of nitrogens with zero attached hydrogens (tertiary/aromatic N) is 2. The minimum atomic E-state index is -0.252. The number of anilines is 1. The number of carbonyl (C=O) groups is 2. The Balaban J connectivity index is 1.62. The molecule has 6 heteroatoms. The Morgan fingerprint density at radius 2 is 1.79 bits per heavy atom. The van der Waals surface area contributed by atoms with E-state index in [1.54, 1.807) is 30.6 Å². The second-order valence-electron chi connectivity index (χ2n) is 6.19. The van der Waals surface area contributed by atoms with Crippen molar-refractivity contribution >= 4 is 23.6 Å². The highest BCUT2D eigenvalue weighted by Crippen LogP contribution is 2.17. The van der Waals surface area contributed by atoms with Crippen molar-refractivity contribution in [2.24, 2.45) is 0 Å². The van der Waals surface area contributed by atoms with Crippen molar-refractivity contribution in [1.82, 2.24) is 15.3 Å². The lowest BCUT2D eigenvalue weighted by atomic mass is 10.1. The van der Waals surface area contributed by atoms with Crippen molar-refractivity contribution in [3.05, 3.63) is 95.6 Å². The summed E-state index contributed by atoms with van der Waals surface area (Å²) in [7, 11) is 0. The highest BCUT2D eigenvalue weighted by molar-refractivity contribution is 6.02. The normalized spacial score (nSPS) is 10.6. The summed E-state index contributed by atoms with van der Waals surface area (Å²) in [6.07, 6.45) is 7.76. The number of aromatic nitrogens is 2. The standard InChI is InChI=1S/C22H20N4O2/c1-16-7-8-17(14-25-22(28)19-5-3-2-4-6-19)11-20(16)26-21(27)10-9-18-12-23-15-24-13-18/h2-13,15H,14H2,1H3,(H,25,28)(H,26,27)/b10-9+. The predicted octanol–water partition coefficient (Wildman–Crippen LogP) is 3.37. The van der Waals surface area contributed by atoms with Crippen molar-refractivity contribution in [2.45, 2.75) is 13.5 Å². The van der Waals surface area contributed by atoms with Gasteiger partial charge in [-0.1, -0.05) is 30.3 Å². The molecule has 6 nitrogen and oxygen atoms in total. The third kappa shape index (κ3) is 5.35. The van der Waals surface area contributed by atoms with Crippen molar-refractivity contribution in [3.63, 3.8) is 0 Å². The Hall–Kier alpha value is -3.80. The fourth-order valence-corrected chi connectivity index (χ4v) is 2.53. The molecule has 0 spiro atoms. The molecule has 2 aromatic carbocycles. The summed E-state index contributed by atoms with van der Waals surface area (Å²) in [4.78, 5) is 32.2. The van der Waals surface area contributed by atoms with Crippen LogP contribution in [0.5, 0.6) is 0 Å². The number of carbonyl (C=O) groups excluding carboxylic acids is 2. The Bertz CT molecular complexity index is 986. The fourth-order valence-electron chi connectivity index (χ4n) is 2.53. The molecule has 3 rings (SSSR count). The van der Waals surface area contributed by atoms with Gasteiger partial charge in [0.15, 0.2) is 0 Å². The van der Waals surface area contributed by atoms with Gasteiger partial charge in [-0.15, -0.1) is 0 Å². The first-order valence-corrected chi connectivity index (χ1v) is 8.78. The zero-order chi connectivity index (χ0) is 19.8. The van der Waals surface area contributed by atoms with E-state index in [1.165, 1.54) is 12.4 Å². The summed E-state index contributed by atoms with van der Waals surface area (Å²) in [5.41, 5.74) is 3.88. The van der Waals surface area contributed by atoms with E-state index in [2.05, 4.69) is 20.6 Å². The van der Waals surface area contributed by atoms with Gasteiger partial charge in [-0.2, -0.15) is 0 Å². The monoisotopic (exact) mass is 372 g/mol. The van der Waals surface area contributed by atoms with Crippen molar-refractivity contribution in [3.8, 4) is 0 Å². The van der Waals surface area contributed by atoms with Crippen LogP contribution in [-0.2, 0) is 11.3 Å². The molecular formula is C22H20N4O2.